The van der Waals surface area contributed by atoms with Gasteiger partial charge in [-0.1, -0.05) is 17.8 Å². The number of hydrogen-bond acceptors (Lipinski definition) is 5. The minimum Gasteiger partial charge on any atom is -0.462 e. The molecule has 1 aromatic heterocycles. The van der Waals surface area contributed by atoms with Gasteiger partial charge in [0, 0.05) is 17.6 Å². The average molecular weight is 270 g/mol. The minimum absolute atomic E-state index is 0.105. The van der Waals surface area contributed by atoms with E-state index in [1.807, 2.05) is 18.2 Å². The van der Waals surface area contributed by atoms with Crippen LogP contribution in [-0.4, -0.2) is 23.4 Å². The number of carbonyl (C=O) groups is 2. The highest BCUT2D eigenvalue weighted by molar-refractivity contribution is 8.13. The summed E-state index contributed by atoms with van der Waals surface area (Å²) in [7, 11) is 0. The second kappa shape index (κ2) is 7.29. The van der Waals surface area contributed by atoms with Crippen LogP contribution in [0.1, 0.15) is 28.4 Å². The molecular formula is C12H14O3S2. The van der Waals surface area contributed by atoms with Gasteiger partial charge in [0.1, 0.15) is 4.88 Å². The van der Waals surface area contributed by atoms with Crippen LogP contribution in [0.15, 0.2) is 18.2 Å². The molecule has 0 radical (unpaired) electrons. The van der Waals surface area contributed by atoms with Crippen molar-refractivity contribution in [1.82, 2.24) is 0 Å². The molecule has 0 unspecified atom stereocenters. The van der Waals surface area contributed by atoms with Crippen molar-refractivity contribution in [1.29, 1.82) is 0 Å². The molecular weight excluding hydrogens is 256 g/mol. The van der Waals surface area contributed by atoms with Gasteiger partial charge in [0.15, 0.2) is 5.12 Å². The van der Waals surface area contributed by atoms with Crippen LogP contribution >= 0.6 is 23.1 Å². The molecule has 0 amide bonds. The van der Waals surface area contributed by atoms with Gasteiger partial charge in [0.2, 0.25) is 0 Å². The molecule has 1 rings (SSSR count). The molecule has 0 atom stereocenters. The summed E-state index contributed by atoms with van der Waals surface area (Å²) in [5.41, 5.74) is 0. The first-order chi connectivity index (χ1) is 8.13. The van der Waals surface area contributed by atoms with E-state index in [2.05, 4.69) is 0 Å². The lowest BCUT2D eigenvalue weighted by molar-refractivity contribution is -0.109. The van der Waals surface area contributed by atoms with Crippen molar-refractivity contribution in [3.63, 3.8) is 0 Å². The third-order valence-electron chi connectivity index (χ3n) is 1.77. The standard InChI is InChI=1S/C12H14O3S2/c1-3-15-12(14)11-7-6-10(17-11)5-4-8-16-9(2)13/h4-7H,3,8H2,1-2H3. The van der Waals surface area contributed by atoms with Gasteiger partial charge in [-0.05, 0) is 25.1 Å². The number of rotatable bonds is 5. The highest BCUT2D eigenvalue weighted by Gasteiger charge is 2.08. The summed E-state index contributed by atoms with van der Waals surface area (Å²) in [5.74, 6) is 0.373. The zero-order valence-corrected chi connectivity index (χ0v) is 11.4. The van der Waals surface area contributed by atoms with Crippen LogP contribution in [-0.2, 0) is 9.53 Å². The largest absolute Gasteiger partial charge is 0.462 e. The fraction of sp³-hybridized carbons (Fsp3) is 0.333. The van der Waals surface area contributed by atoms with Gasteiger partial charge in [0.05, 0.1) is 6.61 Å². The summed E-state index contributed by atoms with van der Waals surface area (Å²) in [6.07, 6.45) is 3.82. The van der Waals surface area contributed by atoms with Crippen molar-refractivity contribution in [2.45, 2.75) is 13.8 Å². The Bertz CT molecular complexity index is 421. The lowest BCUT2D eigenvalue weighted by Crippen LogP contribution is -2.01. The first-order valence-corrected chi connectivity index (χ1v) is 7.00. The summed E-state index contributed by atoms with van der Waals surface area (Å²) < 4.78 is 4.90. The molecule has 0 aliphatic carbocycles. The molecule has 0 fully saturated rings. The Morgan fingerprint density at radius 2 is 2.24 bits per heavy atom. The van der Waals surface area contributed by atoms with E-state index in [-0.39, 0.29) is 11.1 Å². The topological polar surface area (TPSA) is 43.4 Å². The van der Waals surface area contributed by atoms with Crippen LogP contribution in [0.2, 0.25) is 0 Å². The van der Waals surface area contributed by atoms with Crippen molar-refractivity contribution < 1.29 is 14.3 Å². The summed E-state index contributed by atoms with van der Waals surface area (Å²) in [6.45, 7) is 3.71. The lowest BCUT2D eigenvalue weighted by atomic mass is 10.4. The zero-order valence-electron chi connectivity index (χ0n) is 9.76. The first-order valence-electron chi connectivity index (χ1n) is 5.20. The van der Waals surface area contributed by atoms with E-state index in [0.717, 1.165) is 4.88 Å². The number of thioether (sulfide) groups is 1. The third-order valence-corrected chi connectivity index (χ3v) is 3.56. The Labute approximate surface area is 109 Å². The van der Waals surface area contributed by atoms with Gasteiger partial charge in [-0.15, -0.1) is 11.3 Å². The van der Waals surface area contributed by atoms with E-state index in [1.165, 1.54) is 23.1 Å². The molecule has 0 spiro atoms. The van der Waals surface area contributed by atoms with Crippen LogP contribution in [0.3, 0.4) is 0 Å². The fourth-order valence-electron chi connectivity index (χ4n) is 1.08. The molecule has 0 saturated heterocycles. The molecule has 0 aromatic carbocycles. The molecule has 1 heterocycles. The number of thiophene rings is 1. The molecule has 0 saturated carbocycles. The van der Waals surface area contributed by atoms with Crippen molar-refractivity contribution in [2.75, 3.05) is 12.4 Å². The van der Waals surface area contributed by atoms with Gasteiger partial charge >= 0.3 is 5.97 Å². The smallest absolute Gasteiger partial charge is 0.348 e. The number of esters is 1. The lowest BCUT2D eigenvalue weighted by Gasteiger charge is -1.96. The summed E-state index contributed by atoms with van der Waals surface area (Å²) in [5, 5.41) is 0.105. The Kier molecular flexibility index (Phi) is 6.00. The monoisotopic (exact) mass is 270 g/mol. The van der Waals surface area contributed by atoms with Gasteiger partial charge in [-0.3, -0.25) is 4.79 Å². The van der Waals surface area contributed by atoms with E-state index in [1.54, 1.807) is 19.9 Å². The normalized spacial score (nSPS) is 10.7. The maximum Gasteiger partial charge on any atom is 0.348 e. The number of carbonyl (C=O) groups excluding carboxylic acids is 2. The third kappa shape index (κ3) is 5.19. The van der Waals surface area contributed by atoms with Crippen LogP contribution < -0.4 is 0 Å². The van der Waals surface area contributed by atoms with Crippen LogP contribution in [0, 0.1) is 0 Å². The van der Waals surface area contributed by atoms with Gasteiger partial charge in [-0.2, -0.15) is 0 Å². The molecule has 5 heteroatoms. The zero-order chi connectivity index (χ0) is 12.7. The Balaban J connectivity index is 2.50. The Morgan fingerprint density at radius 3 is 2.88 bits per heavy atom. The first kappa shape index (κ1) is 14.0. The Hall–Kier alpha value is -1.07. The van der Waals surface area contributed by atoms with E-state index in [4.69, 9.17) is 4.74 Å². The molecule has 92 valence electrons. The molecule has 0 aliphatic heterocycles. The maximum atomic E-state index is 11.4. The average Bonchev–Trinajstić information content (AvgIpc) is 2.73. The molecule has 0 bridgehead atoms. The fourth-order valence-corrected chi connectivity index (χ4v) is 2.34. The van der Waals surface area contributed by atoms with Crippen molar-refractivity contribution in [2.24, 2.45) is 0 Å². The molecule has 0 aliphatic rings. The summed E-state index contributed by atoms with van der Waals surface area (Å²) in [4.78, 5) is 23.7. The molecule has 17 heavy (non-hydrogen) atoms. The van der Waals surface area contributed by atoms with E-state index >= 15 is 0 Å². The maximum absolute atomic E-state index is 11.4. The van der Waals surface area contributed by atoms with Gasteiger partial charge in [-0.25, -0.2) is 4.79 Å². The Morgan fingerprint density at radius 1 is 1.47 bits per heavy atom. The second-order valence-electron chi connectivity index (χ2n) is 3.13. The SMILES string of the molecule is CCOC(=O)c1ccc(C=CCSC(C)=O)s1. The number of ether oxygens (including phenoxy) is 1. The quantitative estimate of drug-likeness (QED) is 0.771. The van der Waals surface area contributed by atoms with Crippen LogP contribution in [0.4, 0.5) is 0 Å². The highest BCUT2D eigenvalue weighted by atomic mass is 32.2. The predicted molar refractivity (Wildman–Crippen MR) is 72.4 cm³/mol. The summed E-state index contributed by atoms with van der Waals surface area (Å²) in [6, 6.07) is 3.62. The van der Waals surface area contributed by atoms with E-state index < -0.39 is 0 Å². The highest BCUT2D eigenvalue weighted by Crippen LogP contribution is 2.19. The van der Waals surface area contributed by atoms with Gasteiger partial charge < -0.3 is 4.74 Å². The molecule has 0 N–H and O–H groups in total. The minimum atomic E-state index is -0.282. The molecule has 3 nitrogen and oxygen atoms in total. The molecule has 1 aromatic rings. The van der Waals surface area contributed by atoms with Crippen LogP contribution in [0.5, 0.6) is 0 Å². The van der Waals surface area contributed by atoms with Crippen molar-refractivity contribution in [3.05, 3.63) is 28.0 Å². The number of hydrogen-bond donors (Lipinski definition) is 0. The van der Waals surface area contributed by atoms with E-state index in [9.17, 15) is 9.59 Å². The predicted octanol–water partition coefficient (Wildman–Crippen LogP) is 3.22. The van der Waals surface area contributed by atoms with Crippen molar-refractivity contribution >= 4 is 40.3 Å². The van der Waals surface area contributed by atoms with Crippen LogP contribution in [0.25, 0.3) is 6.08 Å². The van der Waals surface area contributed by atoms with E-state index in [0.29, 0.717) is 17.2 Å². The second-order valence-corrected chi connectivity index (χ2v) is 5.44. The summed E-state index contributed by atoms with van der Waals surface area (Å²) >= 11 is 2.64. The van der Waals surface area contributed by atoms with Gasteiger partial charge in [0.25, 0.3) is 0 Å². The van der Waals surface area contributed by atoms with Crippen molar-refractivity contribution in [3.8, 4) is 0 Å².